The topological polar surface area (TPSA) is 63.8 Å². The Labute approximate surface area is 125 Å². The summed E-state index contributed by atoms with van der Waals surface area (Å²) in [7, 11) is 0. The Kier molecular flexibility index (Phi) is 4.10. The van der Waals surface area contributed by atoms with Crippen LogP contribution in [-0.2, 0) is 12.0 Å². The second kappa shape index (κ2) is 5.46. The van der Waals surface area contributed by atoms with Crippen molar-refractivity contribution >= 4 is 38.9 Å². The van der Waals surface area contributed by atoms with Gasteiger partial charge in [-0.3, -0.25) is 0 Å². The molecule has 2 rings (SSSR count). The fraction of sp³-hybridized carbons (Fsp3) is 0.385. The second-order valence-corrected chi connectivity index (χ2v) is 7.86. The van der Waals surface area contributed by atoms with Crippen molar-refractivity contribution in [1.29, 1.82) is 0 Å². The molecule has 0 unspecified atom stereocenters. The SMILES string of the molecule is CC(C)(C)c1nc(N)cc(NCc2ccc(Br)s2)n1. The first-order valence-corrected chi connectivity index (χ1v) is 7.58. The summed E-state index contributed by atoms with van der Waals surface area (Å²) in [6.07, 6.45) is 0. The number of nitrogens with zero attached hydrogens (tertiary/aromatic N) is 2. The van der Waals surface area contributed by atoms with Crippen LogP contribution in [0.5, 0.6) is 0 Å². The van der Waals surface area contributed by atoms with Crippen molar-refractivity contribution in [2.24, 2.45) is 0 Å². The zero-order valence-electron chi connectivity index (χ0n) is 11.2. The van der Waals surface area contributed by atoms with E-state index in [0.717, 1.165) is 22.0 Å². The molecule has 0 aliphatic heterocycles. The summed E-state index contributed by atoms with van der Waals surface area (Å²) < 4.78 is 1.13. The lowest BCUT2D eigenvalue weighted by atomic mass is 9.96. The third-order valence-electron chi connectivity index (χ3n) is 2.49. The summed E-state index contributed by atoms with van der Waals surface area (Å²) in [5.41, 5.74) is 5.72. The number of hydrogen-bond acceptors (Lipinski definition) is 5. The molecule has 0 radical (unpaired) electrons. The Balaban J connectivity index is 2.14. The van der Waals surface area contributed by atoms with Gasteiger partial charge in [0.15, 0.2) is 0 Å². The molecule has 6 heteroatoms. The molecule has 2 heterocycles. The molecular formula is C13H17BrN4S. The van der Waals surface area contributed by atoms with Crippen LogP contribution in [0.15, 0.2) is 22.0 Å². The van der Waals surface area contributed by atoms with Crippen LogP contribution >= 0.6 is 27.3 Å². The van der Waals surface area contributed by atoms with Crippen LogP contribution in [0.25, 0.3) is 0 Å². The van der Waals surface area contributed by atoms with E-state index in [2.05, 4.69) is 58.1 Å². The predicted molar refractivity (Wildman–Crippen MR) is 84.5 cm³/mol. The number of aromatic nitrogens is 2. The van der Waals surface area contributed by atoms with Crippen molar-refractivity contribution in [2.75, 3.05) is 11.1 Å². The third-order valence-corrected chi connectivity index (χ3v) is 4.11. The van der Waals surface area contributed by atoms with E-state index in [9.17, 15) is 0 Å². The molecule has 0 saturated heterocycles. The van der Waals surface area contributed by atoms with Crippen molar-refractivity contribution in [3.8, 4) is 0 Å². The number of nitrogens with one attached hydrogen (secondary N) is 1. The first-order valence-electron chi connectivity index (χ1n) is 5.98. The van der Waals surface area contributed by atoms with Gasteiger partial charge in [-0.1, -0.05) is 20.8 Å². The number of anilines is 2. The molecule has 2 aromatic heterocycles. The van der Waals surface area contributed by atoms with E-state index in [1.165, 1.54) is 4.88 Å². The van der Waals surface area contributed by atoms with Gasteiger partial charge in [0.25, 0.3) is 0 Å². The van der Waals surface area contributed by atoms with Crippen LogP contribution < -0.4 is 11.1 Å². The lowest BCUT2D eigenvalue weighted by Gasteiger charge is -2.18. The molecule has 0 atom stereocenters. The number of nitrogens with two attached hydrogens (primary N) is 1. The van der Waals surface area contributed by atoms with E-state index >= 15 is 0 Å². The lowest BCUT2D eigenvalue weighted by molar-refractivity contribution is 0.547. The standard InChI is InChI=1S/C13H17BrN4S/c1-13(2,3)12-17-10(15)6-11(18-12)16-7-8-4-5-9(14)19-8/h4-6H,7H2,1-3H3,(H3,15,16,17,18). The van der Waals surface area contributed by atoms with Gasteiger partial charge in [-0.2, -0.15) is 0 Å². The Morgan fingerprint density at radius 3 is 2.63 bits per heavy atom. The summed E-state index contributed by atoms with van der Waals surface area (Å²) in [5.74, 6) is 2.01. The van der Waals surface area contributed by atoms with Crippen molar-refractivity contribution in [2.45, 2.75) is 32.7 Å². The van der Waals surface area contributed by atoms with Gasteiger partial charge in [0, 0.05) is 16.4 Å². The maximum absolute atomic E-state index is 5.83. The highest BCUT2D eigenvalue weighted by molar-refractivity contribution is 9.11. The lowest BCUT2D eigenvalue weighted by Crippen LogP contribution is -2.18. The molecule has 0 aliphatic rings. The highest BCUT2D eigenvalue weighted by Crippen LogP contribution is 2.24. The highest BCUT2D eigenvalue weighted by Gasteiger charge is 2.18. The number of rotatable bonds is 3. The predicted octanol–water partition coefficient (Wildman–Crippen LogP) is 3.79. The van der Waals surface area contributed by atoms with Gasteiger partial charge in [0.2, 0.25) is 0 Å². The van der Waals surface area contributed by atoms with Gasteiger partial charge in [0.1, 0.15) is 17.5 Å². The maximum atomic E-state index is 5.83. The molecule has 4 nitrogen and oxygen atoms in total. The first kappa shape index (κ1) is 14.3. The van der Waals surface area contributed by atoms with Gasteiger partial charge in [0.05, 0.1) is 10.3 Å². The van der Waals surface area contributed by atoms with Crippen LogP contribution in [0.3, 0.4) is 0 Å². The molecule has 0 bridgehead atoms. The summed E-state index contributed by atoms with van der Waals surface area (Å²) in [6, 6.07) is 5.88. The van der Waals surface area contributed by atoms with Crippen molar-refractivity contribution in [3.05, 3.63) is 32.7 Å². The average Bonchev–Trinajstić information content (AvgIpc) is 2.71. The Bertz CT molecular complexity index is 574. The minimum Gasteiger partial charge on any atom is -0.384 e. The van der Waals surface area contributed by atoms with Crippen molar-refractivity contribution < 1.29 is 0 Å². The molecular weight excluding hydrogens is 324 g/mol. The largest absolute Gasteiger partial charge is 0.384 e. The summed E-state index contributed by atoms with van der Waals surface area (Å²) in [4.78, 5) is 10.0. The number of halogens is 1. The number of thiophene rings is 1. The van der Waals surface area contributed by atoms with E-state index in [-0.39, 0.29) is 5.41 Å². The van der Waals surface area contributed by atoms with Crippen LogP contribution in [0.4, 0.5) is 11.6 Å². The molecule has 0 aliphatic carbocycles. The molecule has 0 fully saturated rings. The average molecular weight is 341 g/mol. The summed E-state index contributed by atoms with van der Waals surface area (Å²) >= 11 is 5.15. The molecule has 0 amide bonds. The number of hydrogen-bond donors (Lipinski definition) is 2. The van der Waals surface area contributed by atoms with Crippen LogP contribution in [0, 0.1) is 0 Å². The van der Waals surface area contributed by atoms with E-state index in [4.69, 9.17) is 5.73 Å². The molecule has 2 aromatic rings. The van der Waals surface area contributed by atoms with Crippen LogP contribution in [0.1, 0.15) is 31.5 Å². The summed E-state index contributed by atoms with van der Waals surface area (Å²) in [5, 5.41) is 3.29. The molecule has 102 valence electrons. The van der Waals surface area contributed by atoms with Crippen LogP contribution in [-0.4, -0.2) is 9.97 Å². The van der Waals surface area contributed by atoms with Crippen molar-refractivity contribution in [1.82, 2.24) is 9.97 Å². The zero-order chi connectivity index (χ0) is 14.0. The van der Waals surface area contributed by atoms with Gasteiger partial charge in [-0.05, 0) is 28.1 Å². The minimum absolute atomic E-state index is 0.113. The normalized spacial score (nSPS) is 11.6. The molecule has 0 saturated carbocycles. The van der Waals surface area contributed by atoms with Gasteiger partial charge in [-0.25, -0.2) is 9.97 Å². The Morgan fingerprint density at radius 2 is 2.05 bits per heavy atom. The molecule has 19 heavy (non-hydrogen) atoms. The third kappa shape index (κ3) is 3.91. The van der Waals surface area contributed by atoms with E-state index in [0.29, 0.717) is 5.82 Å². The van der Waals surface area contributed by atoms with Crippen LogP contribution in [0.2, 0.25) is 0 Å². The van der Waals surface area contributed by atoms with E-state index in [1.807, 2.05) is 6.07 Å². The van der Waals surface area contributed by atoms with E-state index < -0.39 is 0 Å². The smallest absolute Gasteiger partial charge is 0.138 e. The molecule has 3 N–H and O–H groups in total. The van der Waals surface area contributed by atoms with E-state index in [1.54, 1.807) is 17.4 Å². The zero-order valence-corrected chi connectivity index (χ0v) is 13.6. The minimum atomic E-state index is -0.113. The molecule has 0 spiro atoms. The second-order valence-electron chi connectivity index (χ2n) is 5.31. The highest BCUT2D eigenvalue weighted by atomic mass is 79.9. The maximum Gasteiger partial charge on any atom is 0.138 e. The number of nitrogen functional groups attached to an aromatic ring is 1. The monoisotopic (exact) mass is 340 g/mol. The Morgan fingerprint density at radius 1 is 1.32 bits per heavy atom. The summed E-state index contributed by atoms with van der Waals surface area (Å²) in [6.45, 7) is 6.95. The first-order chi connectivity index (χ1) is 8.84. The van der Waals surface area contributed by atoms with Gasteiger partial charge < -0.3 is 11.1 Å². The fourth-order valence-electron chi connectivity index (χ4n) is 1.52. The Hall–Kier alpha value is -1.14. The van der Waals surface area contributed by atoms with Gasteiger partial charge >= 0.3 is 0 Å². The fourth-order valence-corrected chi connectivity index (χ4v) is 2.94. The quantitative estimate of drug-likeness (QED) is 0.891. The van der Waals surface area contributed by atoms with Crippen molar-refractivity contribution in [3.63, 3.8) is 0 Å². The molecule has 0 aromatic carbocycles. The van der Waals surface area contributed by atoms with Gasteiger partial charge in [-0.15, -0.1) is 11.3 Å².